The zero-order valence-corrected chi connectivity index (χ0v) is 14.4. The van der Waals surface area contributed by atoms with Crippen LogP contribution >= 0.6 is 0 Å². The molecule has 3 N–H and O–H groups in total. The molecule has 0 heterocycles. The van der Waals surface area contributed by atoms with Gasteiger partial charge < -0.3 is 25.2 Å². The summed E-state index contributed by atoms with van der Waals surface area (Å²) in [6.45, 7) is 0.266. The van der Waals surface area contributed by atoms with Crippen molar-refractivity contribution in [1.29, 1.82) is 0 Å². The lowest BCUT2D eigenvalue weighted by molar-refractivity contribution is -0.305. The van der Waals surface area contributed by atoms with Crippen LogP contribution < -0.4 is 5.11 Å². The number of carbonyl (C=O) groups is 1. The van der Waals surface area contributed by atoms with Crippen LogP contribution in [0.15, 0.2) is 0 Å². The van der Waals surface area contributed by atoms with Crippen LogP contribution in [-0.4, -0.2) is 40.1 Å². The van der Waals surface area contributed by atoms with E-state index in [2.05, 4.69) is 0 Å². The third kappa shape index (κ3) is 16.0. The summed E-state index contributed by atoms with van der Waals surface area (Å²) in [5.74, 6) is -0.989. The molecule has 5 heteroatoms. The van der Waals surface area contributed by atoms with Crippen LogP contribution in [0.1, 0.15) is 89.9 Å². The molecule has 0 spiro atoms. The molecule has 2 unspecified atom stereocenters. The fourth-order valence-corrected chi connectivity index (χ4v) is 2.71. The normalized spacial score (nSPS) is 13.9. The number of aliphatic carboxylic acids is 1. The molecule has 0 aromatic rings. The molecule has 0 saturated carbocycles. The second-order valence-electron chi connectivity index (χ2n) is 6.45. The monoisotopic (exact) mass is 331 g/mol. The second kappa shape index (κ2) is 16.2. The lowest BCUT2D eigenvalue weighted by atomic mass is 9.99. The highest BCUT2D eigenvalue weighted by Crippen LogP contribution is 2.15. The SMILES string of the molecule is O=C([O-])CCCCCCCC(O)C(O)CCCCCCCCO. The van der Waals surface area contributed by atoms with Crippen LogP contribution in [0.25, 0.3) is 0 Å². The third-order valence-electron chi connectivity index (χ3n) is 4.23. The average molecular weight is 331 g/mol. The van der Waals surface area contributed by atoms with Gasteiger partial charge in [-0.25, -0.2) is 0 Å². The molecule has 0 radical (unpaired) electrons. The van der Waals surface area contributed by atoms with E-state index in [1.54, 1.807) is 0 Å². The van der Waals surface area contributed by atoms with Gasteiger partial charge in [-0.1, -0.05) is 57.8 Å². The Morgan fingerprint density at radius 1 is 0.696 bits per heavy atom. The molecule has 138 valence electrons. The first kappa shape index (κ1) is 22.4. The topological polar surface area (TPSA) is 101 Å². The van der Waals surface area contributed by atoms with E-state index in [-0.39, 0.29) is 13.0 Å². The number of unbranched alkanes of at least 4 members (excludes halogenated alkanes) is 9. The van der Waals surface area contributed by atoms with Crippen LogP contribution in [0.5, 0.6) is 0 Å². The summed E-state index contributed by atoms with van der Waals surface area (Å²) in [7, 11) is 0. The van der Waals surface area contributed by atoms with Gasteiger partial charge in [0.05, 0.1) is 12.2 Å². The third-order valence-corrected chi connectivity index (χ3v) is 4.23. The van der Waals surface area contributed by atoms with Gasteiger partial charge in [-0.2, -0.15) is 0 Å². The number of hydrogen-bond donors (Lipinski definition) is 3. The highest BCUT2D eigenvalue weighted by Gasteiger charge is 2.15. The van der Waals surface area contributed by atoms with Crippen LogP contribution in [0.3, 0.4) is 0 Å². The Hall–Kier alpha value is -0.650. The minimum atomic E-state index is -0.989. The summed E-state index contributed by atoms with van der Waals surface area (Å²) in [5.41, 5.74) is 0. The fourth-order valence-electron chi connectivity index (χ4n) is 2.71. The number of aliphatic hydroxyl groups is 3. The molecular formula is C18H35O5-. The summed E-state index contributed by atoms with van der Waals surface area (Å²) < 4.78 is 0. The number of rotatable bonds is 17. The van der Waals surface area contributed by atoms with Crippen molar-refractivity contribution in [2.24, 2.45) is 0 Å². The lowest BCUT2D eigenvalue weighted by Crippen LogP contribution is -2.25. The molecular weight excluding hydrogens is 296 g/mol. The van der Waals surface area contributed by atoms with Gasteiger partial charge in [0.25, 0.3) is 0 Å². The molecule has 0 aliphatic rings. The van der Waals surface area contributed by atoms with E-state index in [1.165, 1.54) is 0 Å². The number of carboxylic acids is 1. The minimum absolute atomic E-state index is 0.126. The highest BCUT2D eigenvalue weighted by molar-refractivity contribution is 5.63. The van der Waals surface area contributed by atoms with Crippen molar-refractivity contribution in [2.75, 3.05) is 6.61 Å². The van der Waals surface area contributed by atoms with Crippen LogP contribution in [0, 0.1) is 0 Å². The molecule has 0 saturated heterocycles. The van der Waals surface area contributed by atoms with Crippen molar-refractivity contribution >= 4 is 5.97 Å². The predicted molar refractivity (Wildman–Crippen MR) is 88.7 cm³/mol. The summed E-state index contributed by atoms with van der Waals surface area (Å²) in [4.78, 5) is 10.2. The van der Waals surface area contributed by atoms with Crippen molar-refractivity contribution in [1.82, 2.24) is 0 Å². The summed E-state index contributed by atoms with van der Waals surface area (Å²) in [6, 6.07) is 0. The van der Waals surface area contributed by atoms with Crippen LogP contribution in [0.4, 0.5) is 0 Å². The lowest BCUT2D eigenvalue weighted by Gasteiger charge is -2.17. The molecule has 0 fully saturated rings. The molecule has 0 rings (SSSR count). The largest absolute Gasteiger partial charge is 0.550 e. The number of carboxylic acid groups (broad SMARTS) is 1. The van der Waals surface area contributed by atoms with Gasteiger partial charge in [-0.15, -0.1) is 0 Å². The first-order valence-corrected chi connectivity index (χ1v) is 9.24. The van der Waals surface area contributed by atoms with Gasteiger partial charge in [-0.3, -0.25) is 0 Å². The maximum Gasteiger partial charge on any atom is 0.0799 e. The van der Waals surface area contributed by atoms with E-state index >= 15 is 0 Å². The van der Waals surface area contributed by atoms with Crippen molar-refractivity contribution in [2.45, 2.75) is 102 Å². The van der Waals surface area contributed by atoms with E-state index in [4.69, 9.17) is 5.11 Å². The van der Waals surface area contributed by atoms with E-state index in [0.29, 0.717) is 19.3 Å². The van der Waals surface area contributed by atoms with Crippen molar-refractivity contribution in [3.05, 3.63) is 0 Å². The first-order valence-electron chi connectivity index (χ1n) is 9.24. The Morgan fingerprint density at radius 2 is 1.09 bits per heavy atom. The van der Waals surface area contributed by atoms with Gasteiger partial charge in [0.2, 0.25) is 0 Å². The van der Waals surface area contributed by atoms with Gasteiger partial charge >= 0.3 is 0 Å². The van der Waals surface area contributed by atoms with Crippen molar-refractivity contribution in [3.8, 4) is 0 Å². The van der Waals surface area contributed by atoms with E-state index in [1.807, 2.05) is 0 Å². The highest BCUT2D eigenvalue weighted by atomic mass is 16.4. The van der Waals surface area contributed by atoms with Gasteiger partial charge in [0.1, 0.15) is 0 Å². The Balaban J connectivity index is 3.37. The molecule has 5 nitrogen and oxygen atoms in total. The predicted octanol–water partition coefficient (Wildman–Crippen LogP) is 1.91. The molecule has 0 aromatic heterocycles. The zero-order valence-electron chi connectivity index (χ0n) is 14.4. The Bertz CT molecular complexity index is 270. The van der Waals surface area contributed by atoms with E-state index in [9.17, 15) is 20.1 Å². The zero-order chi connectivity index (χ0) is 17.3. The van der Waals surface area contributed by atoms with Gasteiger partial charge in [0, 0.05) is 12.6 Å². The van der Waals surface area contributed by atoms with Crippen LogP contribution in [-0.2, 0) is 4.79 Å². The minimum Gasteiger partial charge on any atom is -0.550 e. The molecule has 0 amide bonds. The Labute approximate surface area is 140 Å². The summed E-state index contributed by atoms with van der Waals surface area (Å²) in [6.07, 6.45) is 10.6. The average Bonchev–Trinajstić information content (AvgIpc) is 2.52. The Kier molecular flexibility index (Phi) is 15.8. The van der Waals surface area contributed by atoms with E-state index in [0.717, 1.165) is 64.2 Å². The van der Waals surface area contributed by atoms with Crippen molar-refractivity contribution in [3.63, 3.8) is 0 Å². The molecule has 0 bridgehead atoms. The quantitative estimate of drug-likeness (QED) is 0.353. The van der Waals surface area contributed by atoms with E-state index < -0.39 is 18.2 Å². The molecule has 23 heavy (non-hydrogen) atoms. The Morgan fingerprint density at radius 3 is 1.52 bits per heavy atom. The maximum absolute atomic E-state index is 10.2. The van der Waals surface area contributed by atoms with Gasteiger partial charge in [-0.05, 0) is 32.1 Å². The standard InChI is InChI=1S/C18H36O5/c19-15-11-7-2-1-4-8-12-16(20)17(21)13-9-5-3-6-10-14-18(22)23/h16-17,19-21H,1-15H2,(H,22,23)/p-1. The molecule has 0 aromatic carbocycles. The summed E-state index contributed by atoms with van der Waals surface area (Å²) >= 11 is 0. The summed E-state index contributed by atoms with van der Waals surface area (Å²) in [5, 5.41) is 38.7. The number of aliphatic hydroxyl groups excluding tert-OH is 3. The molecule has 0 aliphatic carbocycles. The van der Waals surface area contributed by atoms with Crippen LogP contribution in [0.2, 0.25) is 0 Å². The fraction of sp³-hybridized carbons (Fsp3) is 0.944. The number of carbonyl (C=O) groups excluding carboxylic acids is 1. The smallest absolute Gasteiger partial charge is 0.0799 e. The second-order valence-corrected chi connectivity index (χ2v) is 6.45. The van der Waals surface area contributed by atoms with Crippen molar-refractivity contribution < 1.29 is 25.2 Å². The van der Waals surface area contributed by atoms with Gasteiger partial charge in [0.15, 0.2) is 0 Å². The molecule has 2 atom stereocenters. The molecule has 0 aliphatic heterocycles. The first-order chi connectivity index (χ1) is 11.1. The number of hydrogen-bond acceptors (Lipinski definition) is 5. The maximum atomic E-state index is 10.2.